The van der Waals surface area contributed by atoms with Crippen LogP contribution >= 0.6 is 0 Å². The lowest BCUT2D eigenvalue weighted by Gasteiger charge is -2.33. The molecule has 0 unspecified atom stereocenters. The monoisotopic (exact) mass is 379 g/mol. The van der Waals surface area contributed by atoms with Crippen LogP contribution in [0.25, 0.3) is 0 Å². The van der Waals surface area contributed by atoms with Crippen LogP contribution in [0.3, 0.4) is 0 Å². The molecule has 0 radical (unpaired) electrons. The summed E-state index contributed by atoms with van der Waals surface area (Å²) in [7, 11) is 0. The smallest absolute Gasteiger partial charge is 0.244 e. The quantitative estimate of drug-likeness (QED) is 0.800. The molecule has 0 aliphatic carbocycles. The molecule has 2 atom stereocenters. The number of nitrogens with one attached hydrogen (secondary N) is 2. The Bertz CT molecular complexity index is 845. The maximum absolute atomic E-state index is 13.2. The van der Waals surface area contributed by atoms with E-state index in [4.69, 9.17) is 0 Å². The molecule has 0 saturated carbocycles. The van der Waals surface area contributed by atoms with E-state index in [0.717, 1.165) is 12.1 Å². The fourth-order valence-corrected chi connectivity index (χ4v) is 3.64. The van der Waals surface area contributed by atoms with Crippen molar-refractivity contribution in [3.05, 3.63) is 59.7 Å². The minimum Gasteiger partial charge on any atom is -0.323 e. The molecule has 2 aromatic rings. The van der Waals surface area contributed by atoms with Gasteiger partial charge in [0, 0.05) is 6.04 Å². The van der Waals surface area contributed by atoms with Crippen molar-refractivity contribution in [1.82, 2.24) is 5.32 Å². The summed E-state index contributed by atoms with van der Waals surface area (Å²) < 4.78 is 0. The summed E-state index contributed by atoms with van der Waals surface area (Å²) in [6, 6.07) is 15.6. The van der Waals surface area contributed by atoms with E-state index < -0.39 is 6.04 Å². The number of para-hydroxylation sites is 2. The molecule has 1 heterocycles. The second-order valence-corrected chi connectivity index (χ2v) is 7.69. The van der Waals surface area contributed by atoms with Gasteiger partial charge in [0.1, 0.15) is 6.54 Å². The van der Waals surface area contributed by atoms with E-state index in [1.807, 2.05) is 31.2 Å². The van der Waals surface area contributed by atoms with Gasteiger partial charge in [-0.15, -0.1) is 0 Å². The van der Waals surface area contributed by atoms with Crippen molar-refractivity contribution in [1.29, 1.82) is 0 Å². The van der Waals surface area contributed by atoms with Crippen molar-refractivity contribution >= 4 is 23.2 Å². The third-order valence-corrected chi connectivity index (χ3v) is 5.25. The summed E-state index contributed by atoms with van der Waals surface area (Å²) in [6.07, 6.45) is 1.01. The van der Waals surface area contributed by atoms with Gasteiger partial charge in [-0.05, 0) is 42.5 Å². The Labute approximate surface area is 167 Å². The van der Waals surface area contributed by atoms with Crippen LogP contribution in [0.1, 0.15) is 44.9 Å². The molecular formula is C23H29N3O2. The predicted molar refractivity (Wildman–Crippen MR) is 113 cm³/mol. The maximum Gasteiger partial charge on any atom is 0.244 e. The molecule has 0 fully saturated rings. The number of hydrogen-bond acceptors (Lipinski definition) is 3. The van der Waals surface area contributed by atoms with Gasteiger partial charge in [-0.3, -0.25) is 19.8 Å². The van der Waals surface area contributed by atoms with Gasteiger partial charge in [-0.2, -0.15) is 0 Å². The van der Waals surface area contributed by atoms with E-state index in [9.17, 15) is 9.59 Å². The lowest BCUT2D eigenvalue weighted by atomic mass is 9.94. The Morgan fingerprint density at radius 3 is 2.43 bits per heavy atom. The van der Waals surface area contributed by atoms with Crippen molar-refractivity contribution in [3.63, 3.8) is 0 Å². The second kappa shape index (κ2) is 8.57. The normalized spacial score (nSPS) is 15.8. The number of amides is 2. The SMILES string of the molecule is CCc1ccc([C@H](N[C@@H](C)C(=O)N2CC(=O)Nc3ccccc32)C(C)C)cc1. The van der Waals surface area contributed by atoms with Crippen molar-refractivity contribution in [2.45, 2.75) is 46.2 Å². The topological polar surface area (TPSA) is 61.4 Å². The zero-order chi connectivity index (χ0) is 20.3. The number of carbonyl (C=O) groups excluding carboxylic acids is 2. The fourth-order valence-electron chi connectivity index (χ4n) is 3.64. The molecule has 3 rings (SSSR count). The van der Waals surface area contributed by atoms with Gasteiger partial charge >= 0.3 is 0 Å². The number of rotatable bonds is 6. The van der Waals surface area contributed by atoms with E-state index in [2.05, 4.69) is 55.7 Å². The van der Waals surface area contributed by atoms with Crippen molar-refractivity contribution in [3.8, 4) is 0 Å². The van der Waals surface area contributed by atoms with E-state index in [1.165, 1.54) is 11.1 Å². The molecule has 2 N–H and O–H groups in total. The molecule has 0 saturated heterocycles. The van der Waals surface area contributed by atoms with E-state index in [0.29, 0.717) is 11.6 Å². The van der Waals surface area contributed by atoms with Crippen molar-refractivity contribution < 1.29 is 9.59 Å². The largest absolute Gasteiger partial charge is 0.323 e. The zero-order valence-electron chi connectivity index (χ0n) is 17.0. The standard InChI is InChI=1S/C23H29N3O2/c1-5-17-10-12-18(13-11-17)22(15(2)3)24-16(4)23(28)26-14-21(27)25-19-8-6-7-9-20(19)26/h6-13,15-16,22,24H,5,14H2,1-4H3,(H,25,27)/t16-,22+/m0/s1. The number of nitrogens with zero attached hydrogens (tertiary/aromatic N) is 1. The van der Waals surface area contributed by atoms with Crippen molar-refractivity contribution in [2.24, 2.45) is 5.92 Å². The third-order valence-electron chi connectivity index (χ3n) is 5.25. The van der Waals surface area contributed by atoms with Crippen molar-refractivity contribution in [2.75, 3.05) is 16.8 Å². The summed E-state index contributed by atoms with van der Waals surface area (Å²) in [4.78, 5) is 26.8. The third kappa shape index (κ3) is 4.25. The Balaban J connectivity index is 1.79. The number of benzene rings is 2. The highest BCUT2D eigenvalue weighted by molar-refractivity contribution is 6.11. The van der Waals surface area contributed by atoms with Gasteiger partial charge in [0.25, 0.3) is 0 Å². The molecule has 5 heteroatoms. The van der Waals surface area contributed by atoms with Crippen LogP contribution in [0.5, 0.6) is 0 Å². The van der Waals surface area contributed by atoms with Gasteiger partial charge in [-0.1, -0.05) is 57.2 Å². The number of aryl methyl sites for hydroxylation is 1. The number of fused-ring (bicyclic) bond motifs is 1. The highest BCUT2D eigenvalue weighted by Crippen LogP contribution is 2.30. The molecule has 0 spiro atoms. The van der Waals surface area contributed by atoms with Gasteiger partial charge in [0.05, 0.1) is 17.4 Å². The average Bonchev–Trinajstić information content (AvgIpc) is 2.70. The van der Waals surface area contributed by atoms with Crippen LogP contribution in [-0.2, 0) is 16.0 Å². The molecule has 0 aromatic heterocycles. The first-order valence-corrected chi connectivity index (χ1v) is 9.95. The molecule has 1 aliphatic heterocycles. The molecule has 2 aromatic carbocycles. The minimum absolute atomic E-state index is 0.0411. The average molecular weight is 380 g/mol. The summed E-state index contributed by atoms with van der Waals surface area (Å²) in [5.74, 6) is 0.0487. The Hall–Kier alpha value is -2.66. The number of hydrogen-bond donors (Lipinski definition) is 2. The number of carbonyl (C=O) groups is 2. The molecular weight excluding hydrogens is 350 g/mol. The molecule has 5 nitrogen and oxygen atoms in total. The lowest BCUT2D eigenvalue weighted by Crippen LogP contribution is -2.51. The highest BCUT2D eigenvalue weighted by Gasteiger charge is 2.31. The van der Waals surface area contributed by atoms with Gasteiger partial charge < -0.3 is 5.32 Å². The van der Waals surface area contributed by atoms with Crippen LogP contribution in [-0.4, -0.2) is 24.4 Å². The molecule has 1 aliphatic rings. The van der Waals surface area contributed by atoms with Gasteiger partial charge in [-0.25, -0.2) is 0 Å². The van der Waals surface area contributed by atoms with Crippen LogP contribution < -0.4 is 15.5 Å². The highest BCUT2D eigenvalue weighted by atomic mass is 16.2. The molecule has 2 amide bonds. The van der Waals surface area contributed by atoms with E-state index in [-0.39, 0.29) is 24.4 Å². The summed E-state index contributed by atoms with van der Waals surface area (Å²) in [6.45, 7) is 8.34. The maximum atomic E-state index is 13.2. The Morgan fingerprint density at radius 2 is 1.79 bits per heavy atom. The first-order valence-electron chi connectivity index (χ1n) is 9.95. The van der Waals surface area contributed by atoms with Crippen LogP contribution in [0.2, 0.25) is 0 Å². The Kier molecular flexibility index (Phi) is 6.15. The Morgan fingerprint density at radius 1 is 1.11 bits per heavy atom. The molecule has 28 heavy (non-hydrogen) atoms. The fraction of sp³-hybridized carbons (Fsp3) is 0.391. The van der Waals surface area contributed by atoms with Gasteiger partial charge in [0.2, 0.25) is 11.8 Å². The van der Waals surface area contributed by atoms with Gasteiger partial charge in [0.15, 0.2) is 0 Å². The summed E-state index contributed by atoms with van der Waals surface area (Å²) >= 11 is 0. The summed E-state index contributed by atoms with van der Waals surface area (Å²) in [5.41, 5.74) is 3.89. The van der Waals surface area contributed by atoms with Crippen LogP contribution in [0, 0.1) is 5.92 Å². The summed E-state index contributed by atoms with van der Waals surface area (Å²) in [5, 5.41) is 6.32. The van der Waals surface area contributed by atoms with E-state index >= 15 is 0 Å². The zero-order valence-corrected chi connectivity index (χ0v) is 17.0. The minimum atomic E-state index is -0.419. The first-order chi connectivity index (χ1) is 13.4. The second-order valence-electron chi connectivity index (χ2n) is 7.69. The van der Waals surface area contributed by atoms with E-state index in [1.54, 1.807) is 4.90 Å². The number of anilines is 2. The van der Waals surface area contributed by atoms with Crippen LogP contribution in [0.4, 0.5) is 11.4 Å². The van der Waals surface area contributed by atoms with Crippen LogP contribution in [0.15, 0.2) is 48.5 Å². The first kappa shape index (κ1) is 20.1. The molecule has 148 valence electrons. The lowest BCUT2D eigenvalue weighted by molar-refractivity contribution is -0.123. The predicted octanol–water partition coefficient (Wildman–Crippen LogP) is 3.91. The molecule has 0 bridgehead atoms.